The summed E-state index contributed by atoms with van der Waals surface area (Å²) in [6.07, 6.45) is 0.210. The van der Waals surface area contributed by atoms with Crippen LogP contribution in [-0.4, -0.2) is 20.7 Å². The van der Waals surface area contributed by atoms with Crippen molar-refractivity contribution >= 4 is 10.8 Å². The Balaban J connectivity index is 2.90. The summed E-state index contributed by atoms with van der Waals surface area (Å²) in [7, 11) is -1.13. The molecule has 0 aliphatic rings. The Morgan fingerprint density at radius 3 is 2.18 bits per heavy atom. The van der Waals surface area contributed by atoms with Crippen molar-refractivity contribution in [2.75, 3.05) is 0 Å². The molecule has 0 radical (unpaired) electrons. The van der Waals surface area contributed by atoms with Gasteiger partial charge in [-0.25, -0.2) is 0 Å². The van der Waals surface area contributed by atoms with Crippen LogP contribution in [0, 0.1) is 12.8 Å². The SMILES string of the molecule is CCC([C@@H](O)C(C)C)S(=O)c1ccc(C)cc1. The first-order valence-electron chi connectivity index (χ1n) is 6.12. The predicted octanol–water partition coefficient (Wildman–Crippen LogP) is 2.90. The third-order valence-electron chi connectivity index (χ3n) is 2.99. The number of aliphatic hydroxyl groups excluding tert-OH is 1. The van der Waals surface area contributed by atoms with Gasteiger partial charge in [-0.3, -0.25) is 4.21 Å². The molecule has 0 saturated heterocycles. The molecule has 0 heterocycles. The molecule has 1 N–H and O–H groups in total. The molecule has 0 aliphatic carbocycles. The van der Waals surface area contributed by atoms with Crippen molar-refractivity contribution in [1.82, 2.24) is 0 Å². The Hall–Kier alpha value is -0.670. The lowest BCUT2D eigenvalue weighted by atomic mass is 10.0. The highest BCUT2D eigenvalue weighted by Gasteiger charge is 2.26. The Morgan fingerprint density at radius 2 is 1.76 bits per heavy atom. The van der Waals surface area contributed by atoms with E-state index in [1.807, 2.05) is 52.0 Å². The van der Waals surface area contributed by atoms with Crippen LogP contribution in [0.4, 0.5) is 0 Å². The van der Waals surface area contributed by atoms with Crippen LogP contribution in [0.3, 0.4) is 0 Å². The molecule has 2 nitrogen and oxygen atoms in total. The van der Waals surface area contributed by atoms with Gasteiger partial charge in [0.1, 0.15) is 0 Å². The maximum absolute atomic E-state index is 12.4. The highest BCUT2D eigenvalue weighted by Crippen LogP contribution is 2.21. The topological polar surface area (TPSA) is 37.3 Å². The molecule has 1 rings (SSSR count). The van der Waals surface area contributed by atoms with Gasteiger partial charge < -0.3 is 5.11 Å². The fraction of sp³-hybridized carbons (Fsp3) is 0.571. The van der Waals surface area contributed by atoms with Gasteiger partial charge in [0.15, 0.2) is 0 Å². The van der Waals surface area contributed by atoms with Crippen molar-refractivity contribution in [3.05, 3.63) is 29.8 Å². The third kappa shape index (κ3) is 3.65. The predicted molar refractivity (Wildman–Crippen MR) is 72.5 cm³/mol. The summed E-state index contributed by atoms with van der Waals surface area (Å²) >= 11 is 0. The summed E-state index contributed by atoms with van der Waals surface area (Å²) in [6.45, 7) is 7.90. The molecule has 0 saturated carbocycles. The van der Waals surface area contributed by atoms with Crippen molar-refractivity contribution in [2.24, 2.45) is 5.92 Å². The van der Waals surface area contributed by atoms with Gasteiger partial charge in [0.25, 0.3) is 0 Å². The van der Waals surface area contributed by atoms with Crippen LogP contribution in [-0.2, 0) is 10.8 Å². The normalized spacial score (nSPS) is 16.8. The summed E-state index contributed by atoms with van der Waals surface area (Å²) in [5, 5.41) is 9.90. The quantitative estimate of drug-likeness (QED) is 0.877. The average Bonchev–Trinajstić information content (AvgIpc) is 2.30. The van der Waals surface area contributed by atoms with E-state index >= 15 is 0 Å². The first-order chi connectivity index (χ1) is 7.97. The lowest BCUT2D eigenvalue weighted by Crippen LogP contribution is -2.34. The van der Waals surface area contributed by atoms with Crippen LogP contribution in [0.25, 0.3) is 0 Å². The standard InChI is InChI=1S/C14H22O2S/c1-5-13(14(15)10(2)3)17(16)12-8-6-11(4)7-9-12/h6-10,13-15H,5H2,1-4H3/t13?,14-,17?/m0/s1. The van der Waals surface area contributed by atoms with Crippen molar-refractivity contribution < 1.29 is 9.32 Å². The maximum atomic E-state index is 12.4. The third-order valence-corrected chi connectivity index (χ3v) is 4.89. The van der Waals surface area contributed by atoms with Crippen LogP contribution in [0.2, 0.25) is 0 Å². The van der Waals surface area contributed by atoms with E-state index < -0.39 is 16.9 Å². The average molecular weight is 254 g/mol. The maximum Gasteiger partial charge on any atom is 0.0710 e. The molecule has 0 fully saturated rings. The van der Waals surface area contributed by atoms with Gasteiger partial charge >= 0.3 is 0 Å². The zero-order chi connectivity index (χ0) is 13.0. The fourth-order valence-electron chi connectivity index (χ4n) is 1.80. The summed E-state index contributed by atoms with van der Waals surface area (Å²) in [5.74, 6) is 0.134. The molecular weight excluding hydrogens is 232 g/mol. The number of aliphatic hydroxyl groups is 1. The van der Waals surface area contributed by atoms with E-state index in [1.54, 1.807) is 0 Å². The molecule has 3 atom stereocenters. The molecule has 0 spiro atoms. The second-order valence-electron chi connectivity index (χ2n) is 4.79. The molecule has 3 heteroatoms. The fourth-order valence-corrected chi connectivity index (χ4v) is 3.42. The lowest BCUT2D eigenvalue weighted by molar-refractivity contribution is 0.120. The summed E-state index contributed by atoms with van der Waals surface area (Å²) in [4.78, 5) is 0.808. The molecule has 0 amide bonds. The number of aryl methyl sites for hydroxylation is 1. The summed E-state index contributed by atoms with van der Waals surface area (Å²) in [5.41, 5.74) is 1.16. The Morgan fingerprint density at radius 1 is 1.24 bits per heavy atom. The highest BCUT2D eigenvalue weighted by atomic mass is 32.2. The van der Waals surface area contributed by atoms with E-state index in [0.717, 1.165) is 16.9 Å². The zero-order valence-corrected chi connectivity index (χ0v) is 11.8. The van der Waals surface area contributed by atoms with Gasteiger partial charge in [0.05, 0.1) is 22.2 Å². The van der Waals surface area contributed by atoms with E-state index in [1.165, 1.54) is 0 Å². The van der Waals surface area contributed by atoms with Crippen molar-refractivity contribution in [3.63, 3.8) is 0 Å². The second kappa shape index (κ2) is 6.31. The minimum absolute atomic E-state index is 0.134. The van der Waals surface area contributed by atoms with Crippen LogP contribution < -0.4 is 0 Å². The van der Waals surface area contributed by atoms with Crippen LogP contribution in [0.15, 0.2) is 29.2 Å². The Kier molecular flexibility index (Phi) is 5.34. The number of benzene rings is 1. The molecule has 17 heavy (non-hydrogen) atoms. The van der Waals surface area contributed by atoms with Crippen molar-refractivity contribution in [2.45, 2.75) is 50.4 Å². The van der Waals surface area contributed by atoms with Gasteiger partial charge in [0, 0.05) is 4.90 Å². The Labute approximate surface area is 107 Å². The first-order valence-corrected chi connectivity index (χ1v) is 7.34. The summed E-state index contributed by atoms with van der Waals surface area (Å²) < 4.78 is 12.4. The molecule has 0 aromatic heterocycles. The zero-order valence-electron chi connectivity index (χ0n) is 11.0. The number of rotatable bonds is 5. The van der Waals surface area contributed by atoms with Crippen LogP contribution in [0.1, 0.15) is 32.8 Å². The first kappa shape index (κ1) is 14.4. The second-order valence-corrected chi connectivity index (χ2v) is 6.46. The van der Waals surface area contributed by atoms with Crippen LogP contribution >= 0.6 is 0 Å². The molecule has 0 bridgehead atoms. The van der Waals surface area contributed by atoms with Gasteiger partial charge in [-0.15, -0.1) is 0 Å². The van der Waals surface area contributed by atoms with E-state index in [0.29, 0.717) is 0 Å². The van der Waals surface area contributed by atoms with Crippen LogP contribution in [0.5, 0.6) is 0 Å². The van der Waals surface area contributed by atoms with Gasteiger partial charge in [-0.2, -0.15) is 0 Å². The minimum Gasteiger partial charge on any atom is -0.392 e. The smallest absolute Gasteiger partial charge is 0.0710 e. The minimum atomic E-state index is -1.13. The van der Waals surface area contributed by atoms with Crippen molar-refractivity contribution in [1.29, 1.82) is 0 Å². The Bertz CT molecular complexity index is 370. The van der Waals surface area contributed by atoms with Gasteiger partial charge in [-0.05, 0) is 31.4 Å². The van der Waals surface area contributed by atoms with Crippen molar-refractivity contribution in [3.8, 4) is 0 Å². The van der Waals surface area contributed by atoms with E-state index in [4.69, 9.17) is 0 Å². The monoisotopic (exact) mass is 254 g/mol. The van der Waals surface area contributed by atoms with E-state index in [-0.39, 0.29) is 11.2 Å². The largest absolute Gasteiger partial charge is 0.392 e. The molecule has 1 aromatic rings. The van der Waals surface area contributed by atoms with E-state index in [9.17, 15) is 9.32 Å². The molecule has 1 aromatic carbocycles. The number of hydrogen-bond donors (Lipinski definition) is 1. The lowest BCUT2D eigenvalue weighted by Gasteiger charge is -2.24. The van der Waals surface area contributed by atoms with E-state index in [2.05, 4.69) is 0 Å². The number of hydrogen-bond acceptors (Lipinski definition) is 2. The van der Waals surface area contributed by atoms with Gasteiger partial charge in [0.2, 0.25) is 0 Å². The van der Waals surface area contributed by atoms with Gasteiger partial charge in [-0.1, -0.05) is 38.5 Å². The molecular formula is C14H22O2S. The summed E-state index contributed by atoms with van der Waals surface area (Å²) in [6, 6.07) is 7.70. The molecule has 2 unspecified atom stereocenters. The highest BCUT2D eigenvalue weighted by molar-refractivity contribution is 7.85. The molecule has 96 valence electrons. The molecule has 0 aliphatic heterocycles.